The van der Waals surface area contributed by atoms with E-state index in [0.717, 1.165) is 7.11 Å². The summed E-state index contributed by atoms with van der Waals surface area (Å²) in [6.07, 6.45) is -3.08. The standard InChI is InChI=1S/C10H10F2N2O5/c1-3-19-10(15)5-4-6(14(16)17)13-9(18-2)7(5)8(11)12/h4,8H,3H2,1-2H3. The molecule has 0 aliphatic rings. The van der Waals surface area contributed by atoms with Crippen molar-refractivity contribution in [2.24, 2.45) is 0 Å². The van der Waals surface area contributed by atoms with E-state index in [4.69, 9.17) is 0 Å². The van der Waals surface area contributed by atoms with Gasteiger partial charge >= 0.3 is 17.7 Å². The van der Waals surface area contributed by atoms with Crippen molar-refractivity contribution in [3.05, 3.63) is 27.3 Å². The molecule has 0 bridgehead atoms. The van der Waals surface area contributed by atoms with Crippen LogP contribution in [0.15, 0.2) is 6.07 Å². The number of carbonyl (C=O) groups excluding carboxylic acids is 1. The molecule has 0 amide bonds. The number of esters is 1. The highest BCUT2D eigenvalue weighted by molar-refractivity contribution is 5.92. The quantitative estimate of drug-likeness (QED) is 0.464. The predicted octanol–water partition coefficient (Wildman–Crippen LogP) is 2.11. The van der Waals surface area contributed by atoms with Crippen LogP contribution in [0.3, 0.4) is 0 Å². The van der Waals surface area contributed by atoms with E-state index in [1.54, 1.807) is 0 Å². The summed E-state index contributed by atoms with van der Waals surface area (Å²) in [4.78, 5) is 24.6. The van der Waals surface area contributed by atoms with Gasteiger partial charge in [-0.25, -0.2) is 13.6 Å². The van der Waals surface area contributed by atoms with Crippen LogP contribution in [-0.4, -0.2) is 29.6 Å². The van der Waals surface area contributed by atoms with Crippen LogP contribution in [0, 0.1) is 10.1 Å². The lowest BCUT2D eigenvalue weighted by Crippen LogP contribution is -2.12. The number of halogens is 2. The monoisotopic (exact) mass is 276 g/mol. The van der Waals surface area contributed by atoms with Gasteiger partial charge in [0.05, 0.1) is 25.3 Å². The van der Waals surface area contributed by atoms with E-state index in [1.165, 1.54) is 6.92 Å². The number of nitrogens with zero attached hydrogens (tertiary/aromatic N) is 2. The minimum Gasteiger partial charge on any atom is -0.462 e. The Labute approximate surface area is 106 Å². The van der Waals surface area contributed by atoms with Gasteiger partial charge in [0.25, 0.3) is 6.43 Å². The van der Waals surface area contributed by atoms with Gasteiger partial charge in [0.1, 0.15) is 5.56 Å². The van der Waals surface area contributed by atoms with Gasteiger partial charge in [0, 0.05) is 4.98 Å². The first-order valence-corrected chi connectivity index (χ1v) is 5.10. The lowest BCUT2D eigenvalue weighted by molar-refractivity contribution is -0.389. The third-order valence-electron chi connectivity index (χ3n) is 2.10. The van der Waals surface area contributed by atoms with E-state index in [1.807, 2.05) is 0 Å². The second-order valence-corrected chi connectivity index (χ2v) is 3.23. The van der Waals surface area contributed by atoms with Crippen molar-refractivity contribution in [3.8, 4) is 5.88 Å². The van der Waals surface area contributed by atoms with E-state index < -0.39 is 40.1 Å². The van der Waals surface area contributed by atoms with Crippen molar-refractivity contribution in [2.45, 2.75) is 13.3 Å². The Morgan fingerprint density at radius 1 is 1.58 bits per heavy atom. The van der Waals surface area contributed by atoms with Crippen LogP contribution in [0.4, 0.5) is 14.6 Å². The number of hydrogen-bond acceptors (Lipinski definition) is 6. The van der Waals surface area contributed by atoms with Crippen LogP contribution in [0.25, 0.3) is 0 Å². The number of hydrogen-bond donors (Lipinski definition) is 0. The highest BCUT2D eigenvalue weighted by Crippen LogP contribution is 2.33. The lowest BCUT2D eigenvalue weighted by atomic mass is 10.1. The summed E-state index contributed by atoms with van der Waals surface area (Å²) >= 11 is 0. The van der Waals surface area contributed by atoms with Gasteiger partial charge in [0.15, 0.2) is 0 Å². The Kier molecular flexibility index (Phi) is 4.67. The topological polar surface area (TPSA) is 91.6 Å². The van der Waals surface area contributed by atoms with Crippen LogP contribution in [-0.2, 0) is 4.74 Å². The first-order valence-electron chi connectivity index (χ1n) is 5.10. The molecule has 0 fully saturated rings. The number of ether oxygens (including phenoxy) is 2. The van der Waals surface area contributed by atoms with Crippen molar-refractivity contribution in [3.63, 3.8) is 0 Å². The number of aromatic nitrogens is 1. The molecule has 0 aliphatic heterocycles. The third kappa shape index (κ3) is 3.12. The molecule has 0 aromatic carbocycles. The Morgan fingerprint density at radius 2 is 2.21 bits per heavy atom. The maximum Gasteiger partial charge on any atom is 0.368 e. The molecule has 104 valence electrons. The molecule has 1 heterocycles. The fourth-order valence-electron chi connectivity index (χ4n) is 1.36. The van der Waals surface area contributed by atoms with Gasteiger partial charge < -0.3 is 19.6 Å². The Balaban J connectivity index is 3.49. The van der Waals surface area contributed by atoms with Crippen molar-refractivity contribution in [2.75, 3.05) is 13.7 Å². The first kappa shape index (κ1) is 14.7. The minimum absolute atomic E-state index is 0.0556. The Bertz CT molecular complexity index is 507. The normalized spacial score (nSPS) is 10.4. The number of rotatable bonds is 5. The van der Waals surface area contributed by atoms with Crippen molar-refractivity contribution in [1.29, 1.82) is 0 Å². The predicted molar refractivity (Wildman–Crippen MR) is 58.4 cm³/mol. The highest BCUT2D eigenvalue weighted by atomic mass is 19.3. The van der Waals surface area contributed by atoms with E-state index >= 15 is 0 Å². The van der Waals surface area contributed by atoms with Crippen LogP contribution < -0.4 is 4.74 Å². The molecule has 0 saturated carbocycles. The van der Waals surface area contributed by atoms with Gasteiger partial charge in [-0.15, -0.1) is 0 Å². The van der Waals surface area contributed by atoms with Gasteiger partial charge in [-0.1, -0.05) is 0 Å². The SMILES string of the molecule is CCOC(=O)c1cc([N+](=O)[O-])nc(OC)c1C(F)F. The average molecular weight is 276 g/mol. The fraction of sp³-hybridized carbons (Fsp3) is 0.400. The average Bonchev–Trinajstić information content (AvgIpc) is 2.36. The largest absolute Gasteiger partial charge is 0.462 e. The zero-order valence-electron chi connectivity index (χ0n) is 10.1. The lowest BCUT2D eigenvalue weighted by Gasteiger charge is -2.09. The maximum atomic E-state index is 12.9. The molecule has 0 aliphatic carbocycles. The van der Waals surface area contributed by atoms with Crippen LogP contribution in [0.5, 0.6) is 5.88 Å². The number of carbonyl (C=O) groups is 1. The van der Waals surface area contributed by atoms with Crippen molar-refractivity contribution < 1.29 is 28.0 Å². The third-order valence-corrected chi connectivity index (χ3v) is 2.10. The van der Waals surface area contributed by atoms with E-state index in [0.29, 0.717) is 6.07 Å². The molecule has 7 nitrogen and oxygen atoms in total. The summed E-state index contributed by atoms with van der Waals surface area (Å²) in [7, 11) is 1.02. The molecule has 1 aromatic rings. The Morgan fingerprint density at radius 3 is 2.63 bits per heavy atom. The number of alkyl halides is 2. The van der Waals surface area contributed by atoms with Crippen LogP contribution in [0.1, 0.15) is 29.3 Å². The zero-order chi connectivity index (χ0) is 14.6. The molecule has 0 atom stereocenters. The number of nitro groups is 1. The van der Waals surface area contributed by atoms with Crippen molar-refractivity contribution >= 4 is 11.8 Å². The molecule has 0 radical (unpaired) electrons. The number of methoxy groups -OCH3 is 1. The second-order valence-electron chi connectivity index (χ2n) is 3.23. The minimum atomic E-state index is -3.08. The molecule has 0 spiro atoms. The van der Waals surface area contributed by atoms with Crippen molar-refractivity contribution in [1.82, 2.24) is 4.98 Å². The molecule has 1 rings (SSSR count). The smallest absolute Gasteiger partial charge is 0.368 e. The first-order chi connectivity index (χ1) is 8.92. The summed E-state index contributed by atoms with van der Waals surface area (Å²) < 4.78 is 35.0. The van der Waals surface area contributed by atoms with E-state index in [2.05, 4.69) is 14.5 Å². The fourth-order valence-corrected chi connectivity index (χ4v) is 1.36. The Hall–Kier alpha value is -2.32. The van der Waals surface area contributed by atoms with Gasteiger partial charge in [-0.05, 0) is 11.8 Å². The molecule has 19 heavy (non-hydrogen) atoms. The summed E-state index contributed by atoms with van der Waals surface area (Å²) in [5.74, 6) is -2.54. The number of pyridine rings is 1. The maximum absolute atomic E-state index is 12.9. The summed E-state index contributed by atoms with van der Waals surface area (Å²) in [6.45, 7) is 1.42. The summed E-state index contributed by atoms with van der Waals surface area (Å²) in [5, 5.41) is 10.6. The molecular formula is C10H10F2N2O5. The molecule has 9 heteroatoms. The van der Waals surface area contributed by atoms with Gasteiger partial charge in [-0.3, -0.25) is 0 Å². The molecule has 0 N–H and O–H groups in total. The molecule has 1 aromatic heterocycles. The second kappa shape index (κ2) is 6.03. The molecular weight excluding hydrogens is 266 g/mol. The summed E-state index contributed by atoms with van der Waals surface area (Å²) in [6, 6.07) is 0.641. The highest BCUT2D eigenvalue weighted by Gasteiger charge is 2.31. The van der Waals surface area contributed by atoms with E-state index in [-0.39, 0.29) is 6.61 Å². The zero-order valence-corrected chi connectivity index (χ0v) is 10.1. The summed E-state index contributed by atoms with van der Waals surface area (Å²) in [5.41, 5.74) is -1.46. The van der Waals surface area contributed by atoms with Crippen LogP contribution >= 0.6 is 0 Å². The van der Waals surface area contributed by atoms with Gasteiger partial charge in [0.2, 0.25) is 0 Å². The van der Waals surface area contributed by atoms with Crippen LogP contribution in [0.2, 0.25) is 0 Å². The molecule has 0 unspecified atom stereocenters. The van der Waals surface area contributed by atoms with Gasteiger partial charge in [-0.2, -0.15) is 0 Å². The van der Waals surface area contributed by atoms with E-state index in [9.17, 15) is 23.7 Å². The molecule has 0 saturated heterocycles.